The molecular weight excluding hydrogens is 466 g/mol. The van der Waals surface area contributed by atoms with E-state index in [0.717, 1.165) is 5.69 Å². The molecule has 0 atom stereocenters. The standard InChI is InChI=1S/C23H23N7O3S.CH4/c24-20(32)23(25)9-11-29(12-10-23)17-7-3-1-5-14(17)26-19(31)16-13-34-22(28-16)30-18-8-4-2-6-15(18)27-21(30)33;/h1-8,13H,9-12,25H2,(H2,24,32)(H,26,31)(H,27,33);1H4. The second-order valence-electron chi connectivity index (χ2n) is 8.28. The largest absolute Gasteiger partial charge is 0.370 e. The molecule has 1 fully saturated rings. The number of nitrogens with zero attached hydrogens (tertiary/aromatic N) is 3. The Labute approximate surface area is 205 Å². The monoisotopic (exact) mass is 493 g/mol. The number of H-pyrrole nitrogens is 1. The fourth-order valence-electron chi connectivity index (χ4n) is 4.15. The highest BCUT2D eigenvalue weighted by atomic mass is 32.1. The molecule has 6 N–H and O–H groups in total. The number of nitrogens with two attached hydrogens (primary N) is 2. The van der Waals surface area contributed by atoms with Crippen LogP contribution in [0.1, 0.15) is 30.8 Å². The lowest BCUT2D eigenvalue weighted by Crippen LogP contribution is -2.58. The van der Waals surface area contributed by atoms with Crippen molar-refractivity contribution in [2.45, 2.75) is 25.8 Å². The predicted octanol–water partition coefficient (Wildman–Crippen LogP) is 2.45. The molecule has 10 nitrogen and oxygen atoms in total. The quantitative estimate of drug-likeness (QED) is 0.335. The number of rotatable bonds is 5. The first-order chi connectivity index (χ1) is 16.4. The van der Waals surface area contributed by atoms with Crippen molar-refractivity contribution in [3.8, 4) is 5.13 Å². The van der Waals surface area contributed by atoms with Crippen molar-refractivity contribution in [3.63, 3.8) is 0 Å². The summed E-state index contributed by atoms with van der Waals surface area (Å²) in [5, 5.41) is 4.95. The van der Waals surface area contributed by atoms with Gasteiger partial charge in [0.25, 0.3) is 5.91 Å². The maximum Gasteiger partial charge on any atom is 0.332 e. The maximum absolute atomic E-state index is 13.0. The zero-order valence-electron chi connectivity index (χ0n) is 18.2. The molecule has 11 heteroatoms. The average molecular weight is 494 g/mol. The molecule has 2 amide bonds. The second kappa shape index (κ2) is 9.35. The van der Waals surface area contributed by atoms with Gasteiger partial charge in [-0.3, -0.25) is 9.59 Å². The van der Waals surface area contributed by atoms with E-state index in [1.165, 1.54) is 15.9 Å². The van der Waals surface area contributed by atoms with E-state index in [4.69, 9.17) is 11.5 Å². The van der Waals surface area contributed by atoms with Crippen molar-refractivity contribution in [2.75, 3.05) is 23.3 Å². The molecule has 0 radical (unpaired) electrons. The number of piperidine rings is 1. The molecule has 2 aromatic heterocycles. The molecule has 0 aliphatic carbocycles. The molecule has 182 valence electrons. The van der Waals surface area contributed by atoms with Gasteiger partial charge < -0.3 is 26.7 Å². The van der Waals surface area contributed by atoms with Gasteiger partial charge >= 0.3 is 5.69 Å². The van der Waals surface area contributed by atoms with Crippen LogP contribution in [0, 0.1) is 0 Å². The van der Waals surface area contributed by atoms with Gasteiger partial charge in [-0.05, 0) is 37.1 Å². The van der Waals surface area contributed by atoms with E-state index in [0.29, 0.717) is 47.8 Å². The van der Waals surface area contributed by atoms with Crippen LogP contribution >= 0.6 is 11.3 Å². The van der Waals surface area contributed by atoms with Gasteiger partial charge in [0, 0.05) is 18.5 Å². The smallest absolute Gasteiger partial charge is 0.332 e. The second-order valence-corrected chi connectivity index (χ2v) is 9.11. The van der Waals surface area contributed by atoms with Crippen LogP contribution in [-0.2, 0) is 4.79 Å². The molecule has 0 spiro atoms. The van der Waals surface area contributed by atoms with Crippen LogP contribution in [0.15, 0.2) is 58.7 Å². The van der Waals surface area contributed by atoms with Crippen molar-refractivity contribution in [1.29, 1.82) is 0 Å². The van der Waals surface area contributed by atoms with Crippen LogP contribution in [0.25, 0.3) is 16.2 Å². The molecule has 0 bridgehead atoms. The zero-order chi connectivity index (χ0) is 23.9. The number of imidazole rings is 1. The molecule has 1 saturated heterocycles. The van der Waals surface area contributed by atoms with Crippen LogP contribution in [0.4, 0.5) is 11.4 Å². The van der Waals surface area contributed by atoms with Crippen LogP contribution in [-0.4, -0.2) is 45.0 Å². The van der Waals surface area contributed by atoms with Gasteiger partial charge in [-0.25, -0.2) is 14.3 Å². The van der Waals surface area contributed by atoms with Crippen molar-refractivity contribution in [1.82, 2.24) is 14.5 Å². The Bertz CT molecular complexity index is 1450. The van der Waals surface area contributed by atoms with Crippen LogP contribution in [0.2, 0.25) is 0 Å². The number of aromatic nitrogens is 3. The molecule has 1 aliphatic rings. The third-order valence-electron chi connectivity index (χ3n) is 6.14. The highest BCUT2D eigenvalue weighted by molar-refractivity contribution is 7.12. The van der Waals surface area contributed by atoms with Crippen LogP contribution in [0.3, 0.4) is 0 Å². The summed E-state index contributed by atoms with van der Waals surface area (Å²) in [4.78, 5) is 46.4. The van der Waals surface area contributed by atoms with E-state index in [1.54, 1.807) is 5.38 Å². The Kier molecular flexibility index (Phi) is 6.46. The Balaban J connectivity index is 0.00000289. The summed E-state index contributed by atoms with van der Waals surface area (Å²) in [6, 6.07) is 14.7. The highest BCUT2D eigenvalue weighted by Gasteiger charge is 2.36. The van der Waals surface area contributed by atoms with Crippen molar-refractivity contribution < 1.29 is 9.59 Å². The minimum absolute atomic E-state index is 0. The number of benzene rings is 2. The Morgan fingerprint density at radius 1 is 1.09 bits per heavy atom. The minimum Gasteiger partial charge on any atom is -0.370 e. The topological polar surface area (TPSA) is 152 Å². The van der Waals surface area contributed by atoms with Gasteiger partial charge in [0.15, 0.2) is 5.13 Å². The minimum atomic E-state index is -1.01. The van der Waals surface area contributed by atoms with Gasteiger partial charge in [-0.1, -0.05) is 31.7 Å². The van der Waals surface area contributed by atoms with Gasteiger partial charge in [0.1, 0.15) is 5.69 Å². The number of hydrogen-bond donors (Lipinski definition) is 4. The fraction of sp³-hybridized carbons (Fsp3) is 0.250. The molecule has 1 aliphatic heterocycles. The number of para-hydroxylation sites is 4. The summed E-state index contributed by atoms with van der Waals surface area (Å²) >= 11 is 1.21. The molecule has 5 rings (SSSR count). The summed E-state index contributed by atoms with van der Waals surface area (Å²) < 4.78 is 1.45. The number of nitrogens with one attached hydrogen (secondary N) is 2. The molecule has 0 saturated carbocycles. The fourth-order valence-corrected chi connectivity index (χ4v) is 4.96. The number of anilines is 2. The third kappa shape index (κ3) is 4.43. The normalized spacial score (nSPS) is 14.9. The van der Waals surface area contributed by atoms with E-state index in [2.05, 4.69) is 20.2 Å². The molecule has 0 unspecified atom stereocenters. The number of thiazole rings is 1. The number of carbonyl (C=O) groups is 2. The number of hydrogen-bond acceptors (Lipinski definition) is 7. The van der Waals surface area contributed by atoms with Gasteiger partial charge in [-0.2, -0.15) is 0 Å². The molecule has 2 aromatic carbocycles. The first kappa shape index (κ1) is 24.2. The summed E-state index contributed by atoms with van der Waals surface area (Å²) in [7, 11) is 0. The summed E-state index contributed by atoms with van der Waals surface area (Å²) in [6.07, 6.45) is 0.860. The van der Waals surface area contributed by atoms with Crippen LogP contribution in [0.5, 0.6) is 0 Å². The Morgan fingerprint density at radius 2 is 1.77 bits per heavy atom. The van der Waals surface area contributed by atoms with Gasteiger partial charge in [0.05, 0.1) is 27.9 Å². The van der Waals surface area contributed by atoms with E-state index in [9.17, 15) is 14.4 Å². The van der Waals surface area contributed by atoms with E-state index >= 15 is 0 Å². The third-order valence-corrected chi connectivity index (χ3v) is 6.97. The molecular formula is C24H27N7O3S. The number of primary amides is 1. The van der Waals surface area contributed by atoms with Crippen molar-refractivity contribution in [3.05, 3.63) is 70.1 Å². The lowest BCUT2D eigenvalue weighted by Gasteiger charge is -2.38. The molecule has 3 heterocycles. The van der Waals surface area contributed by atoms with E-state index in [1.807, 2.05) is 48.5 Å². The SMILES string of the molecule is C.NC(=O)C1(N)CCN(c2ccccc2NC(=O)c2csc(-n3c(=O)[nH]c4ccccc43)n2)CC1. The highest BCUT2D eigenvalue weighted by Crippen LogP contribution is 2.31. The Hall–Kier alpha value is -3.96. The van der Waals surface area contributed by atoms with Crippen molar-refractivity contribution >= 4 is 45.6 Å². The number of amides is 2. The first-order valence-electron chi connectivity index (χ1n) is 10.8. The van der Waals surface area contributed by atoms with Crippen molar-refractivity contribution in [2.24, 2.45) is 11.5 Å². The summed E-state index contributed by atoms with van der Waals surface area (Å²) in [5.74, 6) is -0.882. The first-order valence-corrected chi connectivity index (χ1v) is 11.6. The number of fused-ring (bicyclic) bond motifs is 1. The van der Waals surface area contributed by atoms with E-state index < -0.39 is 11.4 Å². The zero-order valence-corrected chi connectivity index (χ0v) is 19.0. The number of carbonyl (C=O) groups excluding carboxylic acids is 2. The van der Waals surface area contributed by atoms with Crippen LogP contribution < -0.4 is 27.4 Å². The molecule has 4 aromatic rings. The Morgan fingerprint density at radius 3 is 2.51 bits per heavy atom. The number of aromatic amines is 1. The lowest BCUT2D eigenvalue weighted by atomic mass is 9.87. The molecule has 35 heavy (non-hydrogen) atoms. The summed E-state index contributed by atoms with van der Waals surface area (Å²) in [5.41, 5.74) is 13.3. The van der Waals surface area contributed by atoms with E-state index in [-0.39, 0.29) is 24.7 Å². The lowest BCUT2D eigenvalue weighted by molar-refractivity contribution is -0.123. The van der Waals surface area contributed by atoms with Gasteiger partial charge in [-0.15, -0.1) is 11.3 Å². The van der Waals surface area contributed by atoms with Gasteiger partial charge in [0.2, 0.25) is 5.91 Å². The predicted molar refractivity (Wildman–Crippen MR) is 138 cm³/mol. The maximum atomic E-state index is 13.0. The average Bonchev–Trinajstić information content (AvgIpc) is 3.43. The summed E-state index contributed by atoms with van der Waals surface area (Å²) in [6.45, 7) is 1.08.